The Hall–Kier alpha value is -1.01. The number of halogens is 1. The summed E-state index contributed by atoms with van der Waals surface area (Å²) in [4.78, 5) is 26.7. The van der Waals surface area contributed by atoms with Crippen LogP contribution in [0.15, 0.2) is 33.6 Å². The summed E-state index contributed by atoms with van der Waals surface area (Å²) in [6.07, 6.45) is 2.04. The summed E-state index contributed by atoms with van der Waals surface area (Å²) in [5.74, 6) is 0.767. The highest BCUT2D eigenvalue weighted by molar-refractivity contribution is 9.10. The third-order valence-corrected chi connectivity index (χ3v) is 5.95. The quantitative estimate of drug-likeness (QED) is 0.793. The van der Waals surface area contributed by atoms with Gasteiger partial charge in [-0.3, -0.25) is 9.59 Å². The smallest absolute Gasteiger partial charge is 0.240 e. The van der Waals surface area contributed by atoms with Crippen LogP contribution in [0.4, 0.5) is 0 Å². The van der Waals surface area contributed by atoms with Crippen molar-refractivity contribution in [3.63, 3.8) is 0 Å². The first kappa shape index (κ1) is 17.3. The predicted octanol–water partition coefficient (Wildman–Crippen LogP) is 3.04. The molecule has 1 heterocycles. The topological polar surface area (TPSA) is 63.4 Å². The van der Waals surface area contributed by atoms with E-state index in [1.807, 2.05) is 24.3 Å². The number of primary amides is 1. The van der Waals surface area contributed by atoms with Gasteiger partial charge in [-0.1, -0.05) is 19.1 Å². The summed E-state index contributed by atoms with van der Waals surface area (Å²) in [6, 6.07) is 7.51. The van der Waals surface area contributed by atoms with E-state index in [0.717, 1.165) is 15.8 Å². The average Bonchev–Trinajstić information content (AvgIpc) is 2.49. The Balaban J connectivity index is 1.88. The Bertz CT molecular complexity index is 553. The molecule has 120 valence electrons. The molecule has 1 saturated heterocycles. The van der Waals surface area contributed by atoms with Crippen LogP contribution in [0.25, 0.3) is 0 Å². The van der Waals surface area contributed by atoms with Crippen LogP contribution in [0.2, 0.25) is 0 Å². The molecule has 4 nitrogen and oxygen atoms in total. The fraction of sp³-hybridized carbons (Fsp3) is 0.500. The Morgan fingerprint density at radius 2 is 2.14 bits per heavy atom. The van der Waals surface area contributed by atoms with Crippen molar-refractivity contribution < 1.29 is 9.59 Å². The molecule has 1 fully saturated rings. The molecule has 22 heavy (non-hydrogen) atoms. The van der Waals surface area contributed by atoms with Gasteiger partial charge in [-0.05, 0) is 46.8 Å². The first-order valence-electron chi connectivity index (χ1n) is 7.45. The van der Waals surface area contributed by atoms with Crippen molar-refractivity contribution in [3.05, 3.63) is 28.7 Å². The molecular formula is C16H21BrN2O2S. The zero-order chi connectivity index (χ0) is 16.1. The molecule has 1 aliphatic heterocycles. The van der Waals surface area contributed by atoms with Crippen molar-refractivity contribution in [1.82, 2.24) is 4.90 Å². The maximum atomic E-state index is 12.4. The minimum Gasteiger partial charge on any atom is -0.368 e. The van der Waals surface area contributed by atoms with Gasteiger partial charge < -0.3 is 10.6 Å². The lowest BCUT2D eigenvalue weighted by Gasteiger charge is -2.36. The van der Waals surface area contributed by atoms with Gasteiger partial charge in [0.1, 0.15) is 6.04 Å². The van der Waals surface area contributed by atoms with Crippen LogP contribution >= 0.6 is 27.7 Å². The third-order valence-electron chi connectivity index (χ3n) is 3.92. The summed E-state index contributed by atoms with van der Waals surface area (Å²) in [5, 5.41) is 0. The van der Waals surface area contributed by atoms with Crippen molar-refractivity contribution >= 4 is 39.5 Å². The van der Waals surface area contributed by atoms with E-state index in [9.17, 15) is 9.59 Å². The van der Waals surface area contributed by atoms with Gasteiger partial charge in [0.25, 0.3) is 0 Å². The van der Waals surface area contributed by atoms with Gasteiger partial charge >= 0.3 is 0 Å². The molecule has 0 aliphatic carbocycles. The second-order valence-corrected chi connectivity index (χ2v) is 7.65. The number of hydrogen-bond acceptors (Lipinski definition) is 3. The SMILES string of the molecule is C[C@@H]1CCN(C(=O)CCSc2ccccc2Br)[C@H](C(N)=O)C1. The minimum atomic E-state index is -0.440. The predicted molar refractivity (Wildman–Crippen MR) is 92.6 cm³/mol. The maximum Gasteiger partial charge on any atom is 0.240 e. The highest BCUT2D eigenvalue weighted by atomic mass is 79.9. The van der Waals surface area contributed by atoms with Crippen molar-refractivity contribution in [3.8, 4) is 0 Å². The Morgan fingerprint density at radius 3 is 2.82 bits per heavy atom. The van der Waals surface area contributed by atoms with E-state index in [0.29, 0.717) is 31.1 Å². The number of nitrogens with two attached hydrogens (primary N) is 1. The summed E-state index contributed by atoms with van der Waals surface area (Å²) < 4.78 is 1.04. The molecule has 1 aromatic carbocycles. The second kappa shape index (κ2) is 8.02. The fourth-order valence-electron chi connectivity index (χ4n) is 2.66. The molecule has 6 heteroatoms. The summed E-state index contributed by atoms with van der Waals surface area (Å²) >= 11 is 5.14. The number of nitrogens with zero attached hydrogens (tertiary/aromatic N) is 1. The average molecular weight is 385 g/mol. The molecular weight excluding hydrogens is 364 g/mol. The van der Waals surface area contributed by atoms with Gasteiger partial charge in [-0.25, -0.2) is 0 Å². The number of carbonyl (C=O) groups excluding carboxylic acids is 2. The molecule has 2 amide bonds. The van der Waals surface area contributed by atoms with Gasteiger partial charge in [0.05, 0.1) is 0 Å². The largest absolute Gasteiger partial charge is 0.368 e. The highest BCUT2D eigenvalue weighted by Gasteiger charge is 2.33. The molecule has 0 saturated carbocycles. The molecule has 0 aromatic heterocycles. The lowest BCUT2D eigenvalue weighted by molar-refractivity contribution is -0.141. The van der Waals surface area contributed by atoms with Crippen LogP contribution in [0, 0.1) is 5.92 Å². The highest BCUT2D eigenvalue weighted by Crippen LogP contribution is 2.28. The van der Waals surface area contributed by atoms with Crippen LogP contribution in [0.5, 0.6) is 0 Å². The number of amides is 2. The third kappa shape index (κ3) is 4.49. The fourth-order valence-corrected chi connectivity index (χ4v) is 4.17. The molecule has 2 rings (SSSR count). The van der Waals surface area contributed by atoms with Gasteiger partial charge in [0, 0.05) is 28.1 Å². The second-order valence-electron chi connectivity index (χ2n) is 5.66. The molecule has 0 radical (unpaired) electrons. The van der Waals surface area contributed by atoms with E-state index in [1.54, 1.807) is 16.7 Å². The van der Waals surface area contributed by atoms with Gasteiger partial charge in [0.2, 0.25) is 11.8 Å². The zero-order valence-corrected chi connectivity index (χ0v) is 15.0. The lowest BCUT2D eigenvalue weighted by atomic mass is 9.92. The van der Waals surface area contributed by atoms with E-state index in [1.165, 1.54) is 0 Å². The van der Waals surface area contributed by atoms with Crippen LogP contribution in [0.1, 0.15) is 26.2 Å². The molecule has 1 aliphatic rings. The Morgan fingerprint density at radius 1 is 1.41 bits per heavy atom. The Kier molecular flexibility index (Phi) is 6.32. The van der Waals surface area contributed by atoms with Crippen LogP contribution in [0.3, 0.4) is 0 Å². The molecule has 0 unspecified atom stereocenters. The maximum absolute atomic E-state index is 12.4. The molecule has 2 N–H and O–H groups in total. The van der Waals surface area contributed by atoms with Crippen molar-refractivity contribution in [2.45, 2.75) is 37.1 Å². The molecule has 0 spiro atoms. The molecule has 2 atom stereocenters. The first-order valence-corrected chi connectivity index (χ1v) is 9.23. The summed E-state index contributed by atoms with van der Waals surface area (Å²) in [7, 11) is 0. The van der Waals surface area contributed by atoms with Gasteiger partial charge in [-0.2, -0.15) is 0 Å². The number of hydrogen-bond donors (Lipinski definition) is 1. The normalized spacial score (nSPS) is 21.6. The van der Waals surface area contributed by atoms with Crippen LogP contribution in [-0.4, -0.2) is 35.1 Å². The molecule has 0 bridgehead atoms. The van der Waals surface area contributed by atoms with Gasteiger partial charge in [0.15, 0.2) is 0 Å². The van der Waals surface area contributed by atoms with Crippen LogP contribution < -0.4 is 5.73 Å². The molecule has 1 aromatic rings. The number of benzene rings is 1. The summed E-state index contributed by atoms with van der Waals surface area (Å²) in [6.45, 7) is 2.73. The van der Waals surface area contributed by atoms with Crippen molar-refractivity contribution in [2.75, 3.05) is 12.3 Å². The van der Waals surface area contributed by atoms with Crippen molar-refractivity contribution in [2.24, 2.45) is 11.7 Å². The number of piperidine rings is 1. The minimum absolute atomic E-state index is 0.0234. The number of carbonyl (C=O) groups is 2. The van der Waals surface area contributed by atoms with E-state index in [4.69, 9.17) is 5.73 Å². The number of thioether (sulfide) groups is 1. The lowest BCUT2D eigenvalue weighted by Crippen LogP contribution is -2.52. The number of likely N-dealkylation sites (tertiary alicyclic amines) is 1. The van der Waals surface area contributed by atoms with Crippen LogP contribution in [-0.2, 0) is 9.59 Å². The van der Waals surface area contributed by atoms with E-state index in [-0.39, 0.29) is 5.91 Å². The Labute approximate surface area is 143 Å². The zero-order valence-electron chi connectivity index (χ0n) is 12.6. The standard InChI is InChI=1S/C16H21BrN2O2S/c1-11-6-8-19(13(10-11)16(18)21)15(20)7-9-22-14-5-3-2-4-12(14)17/h2-5,11,13H,6-10H2,1H3,(H2,18,21)/t11-,13+/m1/s1. The first-order chi connectivity index (χ1) is 10.5. The monoisotopic (exact) mass is 384 g/mol. The van der Waals surface area contributed by atoms with E-state index >= 15 is 0 Å². The van der Waals surface area contributed by atoms with E-state index < -0.39 is 11.9 Å². The summed E-state index contributed by atoms with van der Waals surface area (Å²) in [5.41, 5.74) is 5.45. The van der Waals surface area contributed by atoms with E-state index in [2.05, 4.69) is 22.9 Å². The van der Waals surface area contributed by atoms with Crippen molar-refractivity contribution in [1.29, 1.82) is 0 Å². The van der Waals surface area contributed by atoms with Gasteiger partial charge in [-0.15, -0.1) is 11.8 Å². The number of rotatable bonds is 5.